The SMILES string of the molecule is CC(C)(C)/C=C(\N)C(=O)O. The van der Waals surface area contributed by atoms with E-state index in [2.05, 4.69) is 0 Å². The third-order valence-electron chi connectivity index (χ3n) is 0.835. The molecule has 0 aromatic rings. The van der Waals surface area contributed by atoms with Crippen molar-refractivity contribution in [3.63, 3.8) is 0 Å². The average Bonchev–Trinajstić information content (AvgIpc) is 1.60. The Morgan fingerprint density at radius 1 is 1.50 bits per heavy atom. The van der Waals surface area contributed by atoms with Gasteiger partial charge in [0.2, 0.25) is 0 Å². The van der Waals surface area contributed by atoms with E-state index in [0.29, 0.717) is 0 Å². The number of carboxylic acids is 1. The number of nitrogens with two attached hydrogens (primary N) is 1. The largest absolute Gasteiger partial charge is 0.477 e. The van der Waals surface area contributed by atoms with Crippen molar-refractivity contribution in [2.45, 2.75) is 20.8 Å². The van der Waals surface area contributed by atoms with E-state index in [1.54, 1.807) is 0 Å². The molecule has 58 valence electrons. The van der Waals surface area contributed by atoms with Gasteiger partial charge >= 0.3 is 5.97 Å². The lowest BCUT2D eigenvalue weighted by Crippen LogP contribution is -2.14. The summed E-state index contributed by atoms with van der Waals surface area (Å²) < 4.78 is 0. The molecule has 0 aromatic carbocycles. The summed E-state index contributed by atoms with van der Waals surface area (Å²) in [5.41, 5.74) is 4.91. The van der Waals surface area contributed by atoms with Gasteiger partial charge in [0.25, 0.3) is 0 Å². The van der Waals surface area contributed by atoms with Crippen molar-refractivity contribution >= 4 is 5.97 Å². The van der Waals surface area contributed by atoms with Crippen LogP contribution in [-0.4, -0.2) is 11.1 Å². The topological polar surface area (TPSA) is 63.3 Å². The Bertz CT molecular complexity index is 165. The number of carboxylic acid groups (broad SMARTS) is 1. The minimum atomic E-state index is -1.06. The third-order valence-corrected chi connectivity index (χ3v) is 0.835. The van der Waals surface area contributed by atoms with Gasteiger partial charge in [-0.3, -0.25) is 0 Å². The Hall–Kier alpha value is -0.990. The summed E-state index contributed by atoms with van der Waals surface area (Å²) in [5, 5.41) is 8.35. The number of allylic oxidation sites excluding steroid dienone is 1. The standard InChI is InChI=1S/C7H13NO2/c1-7(2,3)4-5(8)6(9)10/h4H,8H2,1-3H3,(H,9,10)/b5-4-. The summed E-state index contributed by atoms with van der Waals surface area (Å²) in [5.74, 6) is -1.06. The average molecular weight is 143 g/mol. The molecular weight excluding hydrogens is 130 g/mol. The van der Waals surface area contributed by atoms with E-state index in [1.165, 1.54) is 6.08 Å². The van der Waals surface area contributed by atoms with Gasteiger partial charge in [0.1, 0.15) is 5.70 Å². The highest BCUT2D eigenvalue weighted by Gasteiger charge is 2.09. The Morgan fingerprint density at radius 2 is 1.90 bits per heavy atom. The summed E-state index contributed by atoms with van der Waals surface area (Å²) in [6.45, 7) is 5.68. The molecule has 0 unspecified atom stereocenters. The van der Waals surface area contributed by atoms with Crippen LogP contribution < -0.4 is 5.73 Å². The van der Waals surface area contributed by atoms with Crippen molar-refractivity contribution in [2.24, 2.45) is 11.1 Å². The van der Waals surface area contributed by atoms with E-state index in [-0.39, 0.29) is 11.1 Å². The fraction of sp³-hybridized carbons (Fsp3) is 0.571. The van der Waals surface area contributed by atoms with E-state index < -0.39 is 5.97 Å². The van der Waals surface area contributed by atoms with Crippen molar-refractivity contribution in [2.75, 3.05) is 0 Å². The smallest absolute Gasteiger partial charge is 0.351 e. The van der Waals surface area contributed by atoms with Gasteiger partial charge in [-0.05, 0) is 11.5 Å². The van der Waals surface area contributed by atoms with Gasteiger partial charge in [0.15, 0.2) is 0 Å². The van der Waals surface area contributed by atoms with Crippen LogP contribution in [0.1, 0.15) is 20.8 Å². The first-order chi connectivity index (χ1) is 4.33. The molecule has 0 amide bonds. The van der Waals surface area contributed by atoms with Crippen molar-refractivity contribution in [3.05, 3.63) is 11.8 Å². The van der Waals surface area contributed by atoms with Crippen LogP contribution in [0.25, 0.3) is 0 Å². The maximum absolute atomic E-state index is 10.2. The Kier molecular flexibility index (Phi) is 2.46. The van der Waals surface area contributed by atoms with Gasteiger partial charge in [-0.1, -0.05) is 20.8 Å². The van der Waals surface area contributed by atoms with Gasteiger partial charge in [-0.2, -0.15) is 0 Å². The molecule has 3 N–H and O–H groups in total. The van der Waals surface area contributed by atoms with E-state index in [0.717, 1.165) is 0 Å². The molecule has 0 saturated heterocycles. The van der Waals surface area contributed by atoms with Crippen LogP contribution in [0.5, 0.6) is 0 Å². The molecule has 0 heterocycles. The monoisotopic (exact) mass is 143 g/mol. The summed E-state index contributed by atoms with van der Waals surface area (Å²) in [7, 11) is 0. The summed E-state index contributed by atoms with van der Waals surface area (Å²) >= 11 is 0. The maximum atomic E-state index is 10.2. The Labute approximate surface area is 60.5 Å². The van der Waals surface area contributed by atoms with Gasteiger partial charge in [0, 0.05) is 0 Å². The molecule has 3 nitrogen and oxygen atoms in total. The number of hydrogen-bond acceptors (Lipinski definition) is 2. The summed E-state index contributed by atoms with van der Waals surface area (Å²) in [6.07, 6.45) is 1.52. The molecule has 0 bridgehead atoms. The fourth-order valence-corrected chi connectivity index (χ4v) is 0.528. The molecule has 10 heavy (non-hydrogen) atoms. The molecule has 0 spiro atoms. The molecular formula is C7H13NO2. The van der Waals surface area contributed by atoms with Crippen molar-refractivity contribution in [1.82, 2.24) is 0 Å². The van der Waals surface area contributed by atoms with Crippen LogP contribution in [0.15, 0.2) is 11.8 Å². The molecule has 0 aliphatic rings. The molecule has 0 saturated carbocycles. The highest BCUT2D eigenvalue weighted by molar-refractivity contribution is 5.85. The molecule has 0 aliphatic heterocycles. The molecule has 0 rings (SSSR count). The first kappa shape index (κ1) is 9.01. The predicted molar refractivity (Wildman–Crippen MR) is 39.4 cm³/mol. The second-order valence-electron chi connectivity index (χ2n) is 3.27. The number of carbonyl (C=O) groups is 1. The normalized spacial score (nSPS) is 13.3. The van der Waals surface area contributed by atoms with Crippen LogP contribution in [0.3, 0.4) is 0 Å². The number of hydrogen-bond donors (Lipinski definition) is 2. The minimum Gasteiger partial charge on any atom is -0.477 e. The van der Waals surface area contributed by atoms with Gasteiger partial charge in [-0.25, -0.2) is 4.79 Å². The molecule has 3 heteroatoms. The van der Waals surface area contributed by atoms with Crippen LogP contribution in [0.4, 0.5) is 0 Å². The van der Waals surface area contributed by atoms with Crippen LogP contribution >= 0.6 is 0 Å². The Balaban J connectivity index is 4.32. The van der Waals surface area contributed by atoms with Gasteiger partial charge in [0.05, 0.1) is 0 Å². The fourth-order valence-electron chi connectivity index (χ4n) is 0.528. The van der Waals surface area contributed by atoms with Crippen molar-refractivity contribution < 1.29 is 9.90 Å². The van der Waals surface area contributed by atoms with E-state index >= 15 is 0 Å². The zero-order valence-electron chi connectivity index (χ0n) is 6.51. The lowest BCUT2D eigenvalue weighted by atomic mass is 9.95. The Morgan fingerprint density at radius 3 is 2.00 bits per heavy atom. The molecule has 0 fully saturated rings. The van der Waals surface area contributed by atoms with E-state index in [4.69, 9.17) is 10.8 Å². The highest BCUT2D eigenvalue weighted by atomic mass is 16.4. The highest BCUT2D eigenvalue weighted by Crippen LogP contribution is 2.15. The molecule has 0 atom stereocenters. The first-order valence-corrected chi connectivity index (χ1v) is 3.04. The van der Waals surface area contributed by atoms with Crippen molar-refractivity contribution in [3.8, 4) is 0 Å². The quantitative estimate of drug-likeness (QED) is 0.537. The summed E-state index contributed by atoms with van der Waals surface area (Å²) in [6, 6.07) is 0. The zero-order chi connectivity index (χ0) is 8.36. The second-order valence-corrected chi connectivity index (χ2v) is 3.27. The van der Waals surface area contributed by atoms with Gasteiger partial charge in [-0.15, -0.1) is 0 Å². The van der Waals surface area contributed by atoms with Crippen LogP contribution in [-0.2, 0) is 4.79 Å². The maximum Gasteiger partial charge on any atom is 0.351 e. The first-order valence-electron chi connectivity index (χ1n) is 3.04. The number of aliphatic carboxylic acids is 1. The minimum absolute atomic E-state index is 0.0903. The molecule has 0 aromatic heterocycles. The lowest BCUT2D eigenvalue weighted by molar-refractivity contribution is -0.132. The second kappa shape index (κ2) is 2.73. The lowest BCUT2D eigenvalue weighted by Gasteiger charge is -2.11. The molecule has 0 aliphatic carbocycles. The van der Waals surface area contributed by atoms with E-state index in [9.17, 15) is 4.79 Å². The predicted octanol–water partition coefficient (Wildman–Crippen LogP) is 0.960. The van der Waals surface area contributed by atoms with Gasteiger partial charge < -0.3 is 10.8 Å². The van der Waals surface area contributed by atoms with Crippen LogP contribution in [0.2, 0.25) is 0 Å². The van der Waals surface area contributed by atoms with E-state index in [1.807, 2.05) is 20.8 Å². The third kappa shape index (κ3) is 3.95. The molecule has 0 radical (unpaired) electrons. The van der Waals surface area contributed by atoms with Crippen molar-refractivity contribution in [1.29, 1.82) is 0 Å². The number of rotatable bonds is 1. The van der Waals surface area contributed by atoms with Crippen LogP contribution in [0, 0.1) is 5.41 Å². The summed E-state index contributed by atoms with van der Waals surface area (Å²) in [4.78, 5) is 10.2. The zero-order valence-corrected chi connectivity index (χ0v) is 6.51.